The number of piperidine rings is 1. The normalized spacial score (nSPS) is 19.3. The minimum atomic E-state index is -0.0580. The number of likely N-dealkylation sites (tertiary alicyclic amines) is 1. The number of imidazole rings is 1. The third-order valence-corrected chi connectivity index (χ3v) is 5.41. The zero-order valence-corrected chi connectivity index (χ0v) is 15.3. The highest BCUT2D eigenvalue weighted by molar-refractivity contribution is 7.09. The molecule has 0 spiro atoms. The fourth-order valence-electron chi connectivity index (χ4n) is 3.20. The number of hydrogen-bond donors (Lipinski definition) is 1. The molecule has 1 aliphatic heterocycles. The van der Waals surface area contributed by atoms with Crippen LogP contribution in [0.1, 0.15) is 42.3 Å². The number of hydrogen-bond acceptors (Lipinski definition) is 4. The number of amides is 2. The van der Waals surface area contributed by atoms with Gasteiger partial charge in [0.2, 0.25) is 0 Å². The zero-order valence-electron chi connectivity index (χ0n) is 14.5. The number of aromatic nitrogens is 3. The molecule has 1 fully saturated rings. The third-order valence-electron chi connectivity index (χ3n) is 4.62. The second kappa shape index (κ2) is 7.34. The molecule has 0 bridgehead atoms. The second-order valence-corrected chi connectivity index (χ2v) is 7.64. The minimum Gasteiger partial charge on any atom is -0.338 e. The highest BCUT2D eigenvalue weighted by Crippen LogP contribution is 2.21. The Bertz CT molecular complexity index is 695. The molecule has 6 nitrogen and oxygen atoms in total. The number of rotatable bonds is 4. The average Bonchev–Trinajstić information content (AvgIpc) is 3.17. The van der Waals surface area contributed by atoms with Gasteiger partial charge in [-0.2, -0.15) is 0 Å². The van der Waals surface area contributed by atoms with Crippen LogP contribution in [-0.4, -0.2) is 38.6 Å². The quantitative estimate of drug-likeness (QED) is 0.925. The van der Waals surface area contributed by atoms with Crippen LogP contribution in [-0.2, 0) is 13.5 Å². The molecule has 0 aromatic carbocycles. The predicted octanol–water partition coefficient (Wildman–Crippen LogP) is 2.91. The van der Waals surface area contributed by atoms with Crippen LogP contribution >= 0.6 is 11.3 Å². The number of thiazole rings is 1. The van der Waals surface area contributed by atoms with Crippen molar-refractivity contribution < 1.29 is 4.79 Å². The fourth-order valence-corrected chi connectivity index (χ4v) is 3.90. The summed E-state index contributed by atoms with van der Waals surface area (Å²) in [6, 6.07) is -0.0462. The molecule has 0 saturated carbocycles. The topological polar surface area (TPSA) is 63.1 Å². The Labute approximate surface area is 146 Å². The first-order valence-electron chi connectivity index (χ1n) is 8.46. The Morgan fingerprint density at radius 3 is 3.04 bits per heavy atom. The summed E-state index contributed by atoms with van der Waals surface area (Å²) in [7, 11) is 2.02. The number of carbonyl (C=O) groups is 1. The highest BCUT2D eigenvalue weighted by Gasteiger charge is 2.26. The van der Waals surface area contributed by atoms with Crippen LogP contribution in [0.5, 0.6) is 0 Å². The van der Waals surface area contributed by atoms with Crippen molar-refractivity contribution in [3.63, 3.8) is 0 Å². The van der Waals surface area contributed by atoms with Crippen molar-refractivity contribution in [2.45, 2.75) is 39.2 Å². The lowest BCUT2D eigenvalue weighted by Gasteiger charge is -2.33. The van der Waals surface area contributed by atoms with Gasteiger partial charge < -0.3 is 14.8 Å². The standard InChI is InChI=1S/C17H25N5OS/c1-12(15-11-24-13(2)20-15)19-17(23)22-7-4-5-14(10-22)9-16-18-6-8-21(16)3/h6,8,11-12,14H,4-5,7,9-10H2,1-3H3,(H,19,23)/t12-,14+/m1/s1. The summed E-state index contributed by atoms with van der Waals surface area (Å²) >= 11 is 1.61. The zero-order chi connectivity index (χ0) is 17.1. The summed E-state index contributed by atoms with van der Waals surface area (Å²) in [4.78, 5) is 23.4. The molecule has 7 heteroatoms. The maximum atomic E-state index is 12.6. The van der Waals surface area contributed by atoms with Crippen LogP contribution in [0.4, 0.5) is 4.79 Å². The van der Waals surface area contributed by atoms with Gasteiger partial charge in [0, 0.05) is 44.3 Å². The van der Waals surface area contributed by atoms with E-state index < -0.39 is 0 Å². The maximum Gasteiger partial charge on any atom is 0.317 e. The van der Waals surface area contributed by atoms with Crippen LogP contribution < -0.4 is 5.32 Å². The van der Waals surface area contributed by atoms with Gasteiger partial charge in [0.15, 0.2) is 0 Å². The Hall–Kier alpha value is -1.89. The summed E-state index contributed by atoms with van der Waals surface area (Å²) in [6.07, 6.45) is 6.93. The molecule has 1 N–H and O–H groups in total. The molecule has 1 aliphatic rings. The molecule has 0 radical (unpaired) electrons. The van der Waals surface area contributed by atoms with E-state index >= 15 is 0 Å². The fraction of sp³-hybridized carbons (Fsp3) is 0.588. The van der Waals surface area contributed by atoms with Crippen LogP contribution in [0.3, 0.4) is 0 Å². The number of nitrogens with one attached hydrogen (secondary N) is 1. The first-order chi connectivity index (χ1) is 11.5. The van der Waals surface area contributed by atoms with Gasteiger partial charge >= 0.3 is 6.03 Å². The van der Waals surface area contributed by atoms with Crippen molar-refractivity contribution in [2.24, 2.45) is 13.0 Å². The smallest absolute Gasteiger partial charge is 0.317 e. The number of urea groups is 1. The molecular formula is C17H25N5OS. The summed E-state index contributed by atoms with van der Waals surface area (Å²) < 4.78 is 2.06. The molecule has 24 heavy (non-hydrogen) atoms. The summed E-state index contributed by atoms with van der Waals surface area (Å²) in [5.41, 5.74) is 0.937. The molecule has 2 aromatic heterocycles. The van der Waals surface area contributed by atoms with Gasteiger partial charge in [-0.3, -0.25) is 0 Å². The predicted molar refractivity (Wildman–Crippen MR) is 95.0 cm³/mol. The third kappa shape index (κ3) is 3.95. The first-order valence-corrected chi connectivity index (χ1v) is 9.34. The number of carbonyl (C=O) groups excluding carboxylic acids is 1. The van der Waals surface area contributed by atoms with Crippen LogP contribution in [0.15, 0.2) is 17.8 Å². The van der Waals surface area contributed by atoms with Crippen molar-refractivity contribution in [1.82, 2.24) is 24.8 Å². The van der Waals surface area contributed by atoms with Gasteiger partial charge in [-0.25, -0.2) is 14.8 Å². The second-order valence-electron chi connectivity index (χ2n) is 6.58. The molecule has 3 heterocycles. The lowest BCUT2D eigenvalue weighted by molar-refractivity contribution is 0.161. The van der Waals surface area contributed by atoms with E-state index in [0.717, 1.165) is 48.9 Å². The van der Waals surface area contributed by atoms with Crippen molar-refractivity contribution in [3.8, 4) is 0 Å². The molecular weight excluding hydrogens is 322 g/mol. The molecule has 2 atom stereocenters. The van der Waals surface area contributed by atoms with E-state index in [4.69, 9.17) is 0 Å². The number of nitrogens with zero attached hydrogens (tertiary/aromatic N) is 4. The Balaban J connectivity index is 1.55. The van der Waals surface area contributed by atoms with E-state index in [-0.39, 0.29) is 12.1 Å². The molecule has 130 valence electrons. The summed E-state index contributed by atoms with van der Waals surface area (Å²) in [6.45, 7) is 5.59. The number of aryl methyl sites for hydroxylation is 2. The molecule has 0 unspecified atom stereocenters. The Morgan fingerprint density at radius 2 is 2.38 bits per heavy atom. The van der Waals surface area contributed by atoms with Gasteiger partial charge in [-0.15, -0.1) is 11.3 Å². The minimum absolute atomic E-state index is 0.0118. The van der Waals surface area contributed by atoms with Crippen molar-refractivity contribution in [1.29, 1.82) is 0 Å². The van der Waals surface area contributed by atoms with Crippen molar-refractivity contribution >= 4 is 17.4 Å². The van der Waals surface area contributed by atoms with E-state index in [1.54, 1.807) is 11.3 Å². The Morgan fingerprint density at radius 1 is 1.54 bits per heavy atom. The van der Waals surface area contributed by atoms with Gasteiger partial charge in [0.05, 0.1) is 16.7 Å². The van der Waals surface area contributed by atoms with Crippen LogP contribution in [0.25, 0.3) is 0 Å². The maximum absolute atomic E-state index is 12.6. The molecule has 1 saturated heterocycles. The van der Waals surface area contributed by atoms with Gasteiger partial charge in [0.25, 0.3) is 0 Å². The van der Waals surface area contributed by atoms with Crippen molar-refractivity contribution in [2.75, 3.05) is 13.1 Å². The van der Waals surface area contributed by atoms with Crippen LogP contribution in [0, 0.1) is 12.8 Å². The van der Waals surface area contributed by atoms with Crippen LogP contribution in [0.2, 0.25) is 0 Å². The van der Waals surface area contributed by atoms with E-state index in [9.17, 15) is 4.79 Å². The molecule has 2 amide bonds. The first kappa shape index (κ1) is 17.0. The molecule has 3 rings (SSSR count). The van der Waals surface area contributed by atoms with E-state index in [1.807, 2.05) is 43.6 Å². The molecule has 0 aliphatic carbocycles. The molecule has 2 aromatic rings. The SMILES string of the molecule is Cc1nc([C@@H](C)NC(=O)N2CCC[C@@H](Cc3nccn3C)C2)cs1. The van der Waals surface area contributed by atoms with E-state index in [2.05, 4.69) is 19.9 Å². The lowest BCUT2D eigenvalue weighted by atomic mass is 9.94. The van der Waals surface area contributed by atoms with Gasteiger partial charge in [-0.1, -0.05) is 0 Å². The monoisotopic (exact) mass is 347 g/mol. The lowest BCUT2D eigenvalue weighted by Crippen LogP contribution is -2.46. The Kier molecular flexibility index (Phi) is 5.18. The van der Waals surface area contributed by atoms with E-state index in [0.29, 0.717) is 5.92 Å². The van der Waals surface area contributed by atoms with E-state index in [1.165, 1.54) is 0 Å². The summed E-state index contributed by atoms with van der Waals surface area (Å²) in [5, 5.41) is 6.12. The highest BCUT2D eigenvalue weighted by atomic mass is 32.1. The average molecular weight is 347 g/mol. The van der Waals surface area contributed by atoms with Crippen molar-refractivity contribution in [3.05, 3.63) is 34.3 Å². The summed E-state index contributed by atoms with van der Waals surface area (Å²) in [5.74, 6) is 1.57. The van der Waals surface area contributed by atoms with Gasteiger partial charge in [0.1, 0.15) is 5.82 Å². The van der Waals surface area contributed by atoms with Gasteiger partial charge in [-0.05, 0) is 32.6 Å². The largest absolute Gasteiger partial charge is 0.338 e.